The molecule has 0 saturated heterocycles. The minimum Gasteiger partial charge on any atom is -0.493 e. The van der Waals surface area contributed by atoms with Gasteiger partial charge in [-0.1, -0.05) is 38.5 Å². The minimum absolute atomic E-state index is 0.350. The number of nitrogens with one attached hydrogen (secondary N) is 1. The van der Waals surface area contributed by atoms with Crippen LogP contribution in [-0.2, 0) is 0 Å². The molecule has 0 fully saturated rings. The first-order valence-electron chi connectivity index (χ1n) is 6.24. The molecule has 0 aliphatic heterocycles. The van der Waals surface area contributed by atoms with Crippen molar-refractivity contribution in [1.29, 1.82) is 0 Å². The van der Waals surface area contributed by atoms with Crippen molar-refractivity contribution in [1.82, 2.24) is 5.32 Å². The van der Waals surface area contributed by atoms with Crippen LogP contribution >= 0.6 is 0 Å². The van der Waals surface area contributed by atoms with E-state index in [0.29, 0.717) is 6.04 Å². The summed E-state index contributed by atoms with van der Waals surface area (Å²) in [5.74, 6) is 1.02. The molecule has 0 heterocycles. The molecule has 1 N–H and O–H groups in total. The maximum Gasteiger partial charge on any atom is 0.124 e. The fraction of sp³-hybridized carbons (Fsp3) is 0.571. The van der Waals surface area contributed by atoms with Gasteiger partial charge in [-0.3, -0.25) is 0 Å². The summed E-state index contributed by atoms with van der Waals surface area (Å²) < 4.78 is 5.81. The van der Waals surface area contributed by atoms with E-state index in [1.165, 1.54) is 12.0 Å². The number of ether oxygens (including phenoxy) is 1. The Bertz CT molecular complexity index is 299. The maximum absolute atomic E-state index is 5.81. The van der Waals surface area contributed by atoms with Crippen LogP contribution in [0.25, 0.3) is 0 Å². The van der Waals surface area contributed by atoms with E-state index >= 15 is 0 Å². The lowest BCUT2D eigenvalue weighted by atomic mass is 10.1. The third kappa shape index (κ3) is 3.86. The molecule has 0 bridgehead atoms. The number of unbranched alkanes of at least 4 members (excludes halogenated alkanes) is 1. The van der Waals surface area contributed by atoms with Gasteiger partial charge in [-0.15, -0.1) is 0 Å². The Kier molecular flexibility index (Phi) is 5.94. The molecule has 0 aromatic heterocycles. The first-order chi connectivity index (χ1) is 7.79. The van der Waals surface area contributed by atoms with Gasteiger partial charge in [0.1, 0.15) is 5.75 Å². The van der Waals surface area contributed by atoms with Crippen LogP contribution in [0.4, 0.5) is 0 Å². The van der Waals surface area contributed by atoms with E-state index in [9.17, 15) is 0 Å². The van der Waals surface area contributed by atoms with Crippen LogP contribution < -0.4 is 10.1 Å². The molecule has 2 nitrogen and oxygen atoms in total. The van der Waals surface area contributed by atoms with Crippen molar-refractivity contribution in [2.24, 2.45) is 0 Å². The maximum atomic E-state index is 5.81. The van der Waals surface area contributed by atoms with Crippen LogP contribution in [0, 0.1) is 0 Å². The highest BCUT2D eigenvalue weighted by atomic mass is 16.5. The summed E-state index contributed by atoms with van der Waals surface area (Å²) >= 11 is 0. The van der Waals surface area contributed by atoms with Crippen molar-refractivity contribution in [3.8, 4) is 5.75 Å². The van der Waals surface area contributed by atoms with E-state index in [2.05, 4.69) is 44.3 Å². The predicted octanol–water partition coefficient (Wildman–Crippen LogP) is 3.54. The van der Waals surface area contributed by atoms with Crippen LogP contribution in [-0.4, -0.2) is 13.2 Å². The van der Waals surface area contributed by atoms with E-state index in [0.717, 1.165) is 25.3 Å². The number of rotatable bonds is 7. The van der Waals surface area contributed by atoms with Gasteiger partial charge in [0.25, 0.3) is 0 Å². The predicted molar refractivity (Wildman–Crippen MR) is 68.9 cm³/mol. The molecule has 1 aromatic carbocycles. The zero-order chi connectivity index (χ0) is 11.8. The largest absolute Gasteiger partial charge is 0.493 e. The SMILES string of the molecule is CCCCOc1ccccc1[C@H](C)NCC. The normalized spacial score (nSPS) is 12.4. The highest BCUT2D eigenvalue weighted by Crippen LogP contribution is 2.24. The van der Waals surface area contributed by atoms with Gasteiger partial charge in [0.2, 0.25) is 0 Å². The lowest BCUT2D eigenvalue weighted by molar-refractivity contribution is 0.303. The molecule has 0 saturated carbocycles. The summed E-state index contributed by atoms with van der Waals surface area (Å²) in [5.41, 5.74) is 1.25. The molecule has 16 heavy (non-hydrogen) atoms. The van der Waals surface area contributed by atoms with Crippen molar-refractivity contribution in [3.63, 3.8) is 0 Å². The fourth-order valence-corrected chi connectivity index (χ4v) is 1.71. The molecule has 1 aromatic rings. The Labute approximate surface area is 99.0 Å². The van der Waals surface area contributed by atoms with Crippen molar-refractivity contribution < 1.29 is 4.74 Å². The third-order valence-electron chi connectivity index (χ3n) is 2.65. The molecular formula is C14H23NO. The van der Waals surface area contributed by atoms with Gasteiger partial charge in [0, 0.05) is 11.6 Å². The molecule has 0 aliphatic carbocycles. The quantitative estimate of drug-likeness (QED) is 0.711. The Hall–Kier alpha value is -1.02. The first-order valence-corrected chi connectivity index (χ1v) is 6.24. The van der Waals surface area contributed by atoms with Crippen LogP contribution in [0.5, 0.6) is 5.75 Å². The molecule has 90 valence electrons. The van der Waals surface area contributed by atoms with Crippen molar-refractivity contribution in [2.45, 2.75) is 39.7 Å². The highest BCUT2D eigenvalue weighted by molar-refractivity contribution is 5.35. The highest BCUT2D eigenvalue weighted by Gasteiger charge is 2.09. The summed E-state index contributed by atoms with van der Waals surface area (Å²) in [5, 5.41) is 3.41. The molecule has 0 unspecified atom stereocenters. The standard InChI is InChI=1S/C14H23NO/c1-4-6-11-16-14-10-8-7-9-13(14)12(3)15-5-2/h7-10,12,15H,4-6,11H2,1-3H3/t12-/m0/s1. The summed E-state index contributed by atoms with van der Waals surface area (Å²) in [7, 11) is 0. The molecule has 0 aliphatic rings. The van der Waals surface area contributed by atoms with Gasteiger partial charge in [0.15, 0.2) is 0 Å². The van der Waals surface area contributed by atoms with Crippen LogP contribution in [0.3, 0.4) is 0 Å². The Balaban J connectivity index is 2.67. The second-order valence-electron chi connectivity index (χ2n) is 4.02. The Morgan fingerprint density at radius 2 is 2.00 bits per heavy atom. The van der Waals surface area contributed by atoms with E-state index in [1.54, 1.807) is 0 Å². The lowest BCUT2D eigenvalue weighted by Crippen LogP contribution is -2.18. The minimum atomic E-state index is 0.350. The van der Waals surface area contributed by atoms with Crippen LogP contribution in [0.1, 0.15) is 45.2 Å². The van der Waals surface area contributed by atoms with Gasteiger partial charge in [-0.05, 0) is 26.0 Å². The molecule has 0 radical (unpaired) electrons. The second kappa shape index (κ2) is 7.29. The van der Waals surface area contributed by atoms with Gasteiger partial charge < -0.3 is 10.1 Å². The zero-order valence-corrected chi connectivity index (χ0v) is 10.6. The molecule has 0 amide bonds. The van der Waals surface area contributed by atoms with E-state index in [4.69, 9.17) is 4.74 Å². The summed E-state index contributed by atoms with van der Waals surface area (Å²) in [4.78, 5) is 0. The molecular weight excluding hydrogens is 198 g/mol. The van der Waals surface area contributed by atoms with Crippen molar-refractivity contribution >= 4 is 0 Å². The van der Waals surface area contributed by atoms with Crippen molar-refractivity contribution in [3.05, 3.63) is 29.8 Å². The monoisotopic (exact) mass is 221 g/mol. The summed E-state index contributed by atoms with van der Waals surface area (Å²) in [6, 6.07) is 8.63. The number of hydrogen-bond acceptors (Lipinski definition) is 2. The third-order valence-corrected chi connectivity index (χ3v) is 2.65. The topological polar surface area (TPSA) is 21.3 Å². The van der Waals surface area contributed by atoms with Gasteiger partial charge in [-0.2, -0.15) is 0 Å². The second-order valence-corrected chi connectivity index (χ2v) is 4.02. The molecule has 1 rings (SSSR count). The van der Waals surface area contributed by atoms with Gasteiger partial charge in [0.05, 0.1) is 6.61 Å². The summed E-state index contributed by atoms with van der Waals surface area (Å²) in [6.07, 6.45) is 2.29. The first kappa shape index (κ1) is 13.0. The molecule has 2 heteroatoms. The lowest BCUT2D eigenvalue weighted by Gasteiger charge is -2.17. The zero-order valence-electron chi connectivity index (χ0n) is 10.6. The summed E-state index contributed by atoms with van der Waals surface area (Å²) in [6.45, 7) is 8.26. The Morgan fingerprint density at radius 3 is 2.69 bits per heavy atom. The van der Waals surface area contributed by atoms with E-state index in [1.807, 2.05) is 6.07 Å². The van der Waals surface area contributed by atoms with E-state index in [-0.39, 0.29) is 0 Å². The van der Waals surface area contributed by atoms with Gasteiger partial charge >= 0.3 is 0 Å². The molecule has 0 spiro atoms. The average Bonchev–Trinajstić information content (AvgIpc) is 2.30. The fourth-order valence-electron chi connectivity index (χ4n) is 1.71. The number of para-hydroxylation sites is 1. The molecule has 1 atom stereocenters. The average molecular weight is 221 g/mol. The Morgan fingerprint density at radius 1 is 1.25 bits per heavy atom. The van der Waals surface area contributed by atoms with Crippen LogP contribution in [0.2, 0.25) is 0 Å². The van der Waals surface area contributed by atoms with Gasteiger partial charge in [-0.25, -0.2) is 0 Å². The van der Waals surface area contributed by atoms with E-state index < -0.39 is 0 Å². The number of hydrogen-bond donors (Lipinski definition) is 1. The van der Waals surface area contributed by atoms with Crippen molar-refractivity contribution in [2.75, 3.05) is 13.2 Å². The van der Waals surface area contributed by atoms with Crippen LogP contribution in [0.15, 0.2) is 24.3 Å². The smallest absolute Gasteiger partial charge is 0.124 e. The number of benzene rings is 1.